The molecule has 0 saturated carbocycles. The van der Waals surface area contributed by atoms with Gasteiger partial charge in [0, 0.05) is 38.8 Å². The number of nitrogens with zero attached hydrogens (tertiary/aromatic N) is 2. The third-order valence-electron chi connectivity index (χ3n) is 4.90. The summed E-state index contributed by atoms with van der Waals surface area (Å²) in [6.07, 6.45) is 3.32. The van der Waals surface area contributed by atoms with E-state index in [1.807, 2.05) is 6.92 Å². The van der Waals surface area contributed by atoms with Gasteiger partial charge in [0.05, 0.1) is 12.6 Å². The van der Waals surface area contributed by atoms with E-state index in [1.165, 1.54) is 0 Å². The summed E-state index contributed by atoms with van der Waals surface area (Å²) in [5.74, 6) is -0.134. The largest absolute Gasteiger partial charge is 0.392 e. The third kappa shape index (κ3) is 5.72. The lowest BCUT2D eigenvalue weighted by molar-refractivity contribution is -0.129. The molecule has 0 unspecified atom stereocenters. The first-order valence-electron chi connectivity index (χ1n) is 9.21. The van der Waals surface area contributed by atoms with E-state index in [1.54, 1.807) is 0 Å². The second-order valence-corrected chi connectivity index (χ2v) is 7.05. The van der Waals surface area contributed by atoms with Gasteiger partial charge >= 0.3 is 0 Å². The van der Waals surface area contributed by atoms with Crippen molar-refractivity contribution >= 4 is 11.8 Å². The van der Waals surface area contributed by atoms with Gasteiger partial charge in [-0.3, -0.25) is 19.4 Å². The van der Waals surface area contributed by atoms with Crippen molar-refractivity contribution < 1.29 is 14.7 Å². The number of β-amino-alcohol motifs (C(OH)–C–C–N with tert-alkyl or cyclic N) is 1. The first kappa shape index (κ1) is 19.1. The van der Waals surface area contributed by atoms with Crippen LogP contribution in [0.15, 0.2) is 0 Å². The minimum absolute atomic E-state index is 0.0611. The lowest BCUT2D eigenvalue weighted by Gasteiger charge is -2.41. The Labute approximate surface area is 144 Å². The number of carbonyl (C=O) groups is 2. The molecule has 0 aromatic heterocycles. The van der Waals surface area contributed by atoms with Crippen LogP contribution in [0.3, 0.4) is 0 Å². The molecule has 7 heteroatoms. The number of amides is 2. The predicted molar refractivity (Wildman–Crippen MR) is 92.6 cm³/mol. The Bertz CT molecular complexity index is 430. The van der Waals surface area contributed by atoms with Crippen LogP contribution >= 0.6 is 0 Å². The van der Waals surface area contributed by atoms with Gasteiger partial charge in [-0.15, -0.1) is 0 Å². The van der Waals surface area contributed by atoms with Crippen molar-refractivity contribution in [2.24, 2.45) is 0 Å². The molecule has 0 radical (unpaired) electrons. The molecule has 2 heterocycles. The van der Waals surface area contributed by atoms with E-state index >= 15 is 0 Å². The second kappa shape index (κ2) is 9.34. The Morgan fingerprint density at radius 2 is 2.21 bits per heavy atom. The summed E-state index contributed by atoms with van der Waals surface area (Å²) < 4.78 is 0. The maximum atomic E-state index is 12.3. The van der Waals surface area contributed by atoms with Gasteiger partial charge in [-0.2, -0.15) is 0 Å². The normalized spacial score (nSPS) is 28.0. The van der Waals surface area contributed by atoms with Crippen molar-refractivity contribution in [2.75, 3.05) is 39.3 Å². The molecular formula is C17H32N4O3. The predicted octanol–water partition coefficient (Wildman–Crippen LogP) is -0.452. The summed E-state index contributed by atoms with van der Waals surface area (Å²) in [7, 11) is 0. The van der Waals surface area contributed by atoms with Gasteiger partial charge in [0.25, 0.3) is 0 Å². The van der Waals surface area contributed by atoms with Gasteiger partial charge in [0.1, 0.15) is 6.04 Å². The van der Waals surface area contributed by atoms with Crippen LogP contribution in [-0.2, 0) is 9.59 Å². The lowest BCUT2D eigenvalue weighted by atomic mass is 10.1. The summed E-state index contributed by atoms with van der Waals surface area (Å²) in [6, 6.07) is -0.0270. The van der Waals surface area contributed by atoms with Crippen LogP contribution in [0.2, 0.25) is 0 Å². The number of piperazine rings is 1. The van der Waals surface area contributed by atoms with Gasteiger partial charge in [-0.1, -0.05) is 6.92 Å². The number of rotatable bonds is 6. The maximum Gasteiger partial charge on any atom is 0.242 e. The summed E-state index contributed by atoms with van der Waals surface area (Å²) >= 11 is 0. The standard InChI is InChI=1S/C17H32N4O3/c1-3-14-11-20(8-9-21(14)10-13(2)22)12-16(23)19-15-6-4-5-7-18-17(15)24/h13-15,22H,3-12H2,1-2H3,(H,18,24)(H,19,23)/t13-,14-,15-/m1/s1. The highest BCUT2D eigenvalue weighted by molar-refractivity contribution is 5.88. The maximum absolute atomic E-state index is 12.3. The Kier molecular flexibility index (Phi) is 7.45. The van der Waals surface area contributed by atoms with Crippen molar-refractivity contribution in [3.05, 3.63) is 0 Å². The molecule has 24 heavy (non-hydrogen) atoms. The van der Waals surface area contributed by atoms with Crippen molar-refractivity contribution in [3.63, 3.8) is 0 Å². The number of hydrogen-bond acceptors (Lipinski definition) is 5. The van der Waals surface area contributed by atoms with Crippen LogP contribution in [0.1, 0.15) is 39.5 Å². The fourth-order valence-corrected chi connectivity index (χ4v) is 3.59. The van der Waals surface area contributed by atoms with Crippen molar-refractivity contribution in [1.29, 1.82) is 0 Å². The number of aliphatic hydroxyl groups is 1. The van der Waals surface area contributed by atoms with Gasteiger partial charge in [0.2, 0.25) is 11.8 Å². The number of aliphatic hydroxyl groups excluding tert-OH is 1. The summed E-state index contributed by atoms with van der Waals surface area (Å²) in [5, 5.41) is 15.3. The molecule has 0 aromatic rings. The molecule has 7 nitrogen and oxygen atoms in total. The lowest BCUT2D eigenvalue weighted by Crippen LogP contribution is -2.57. The molecule has 0 spiro atoms. The summed E-state index contributed by atoms with van der Waals surface area (Å²) in [6.45, 7) is 8.17. The van der Waals surface area contributed by atoms with Crippen molar-refractivity contribution in [2.45, 2.75) is 57.7 Å². The smallest absolute Gasteiger partial charge is 0.242 e. The molecule has 2 fully saturated rings. The second-order valence-electron chi connectivity index (χ2n) is 7.05. The molecule has 2 aliphatic rings. The monoisotopic (exact) mass is 340 g/mol. The van der Waals surface area contributed by atoms with E-state index in [4.69, 9.17) is 0 Å². The zero-order valence-electron chi connectivity index (χ0n) is 15.0. The van der Waals surface area contributed by atoms with Crippen molar-refractivity contribution in [1.82, 2.24) is 20.4 Å². The number of nitrogens with one attached hydrogen (secondary N) is 2. The molecular weight excluding hydrogens is 308 g/mol. The molecule has 0 aromatic carbocycles. The Balaban J connectivity index is 1.80. The highest BCUT2D eigenvalue weighted by atomic mass is 16.3. The molecule has 138 valence electrons. The van der Waals surface area contributed by atoms with Crippen LogP contribution in [0.25, 0.3) is 0 Å². The molecule has 3 atom stereocenters. The van der Waals surface area contributed by atoms with Crippen molar-refractivity contribution in [3.8, 4) is 0 Å². The van der Waals surface area contributed by atoms with E-state index in [0.717, 1.165) is 45.3 Å². The molecule has 2 aliphatic heterocycles. The first-order valence-corrected chi connectivity index (χ1v) is 9.21. The first-order chi connectivity index (χ1) is 11.5. The van der Waals surface area contributed by atoms with E-state index < -0.39 is 6.04 Å². The molecule has 0 bridgehead atoms. The fourth-order valence-electron chi connectivity index (χ4n) is 3.59. The zero-order chi connectivity index (χ0) is 17.5. The van der Waals surface area contributed by atoms with E-state index in [2.05, 4.69) is 27.4 Å². The Morgan fingerprint density at radius 3 is 2.92 bits per heavy atom. The molecule has 2 rings (SSSR count). The number of hydrogen-bond donors (Lipinski definition) is 3. The van der Waals surface area contributed by atoms with Gasteiger partial charge < -0.3 is 15.7 Å². The average molecular weight is 340 g/mol. The van der Waals surface area contributed by atoms with E-state index in [9.17, 15) is 14.7 Å². The van der Waals surface area contributed by atoms with Gasteiger partial charge in [0.15, 0.2) is 0 Å². The SMILES string of the molecule is CC[C@@H]1CN(CC(=O)N[C@@H]2CCCCNC2=O)CCN1C[C@@H](C)O. The minimum Gasteiger partial charge on any atom is -0.392 e. The van der Waals surface area contributed by atoms with Crippen LogP contribution in [0.4, 0.5) is 0 Å². The van der Waals surface area contributed by atoms with Gasteiger partial charge in [-0.05, 0) is 32.6 Å². The third-order valence-corrected chi connectivity index (χ3v) is 4.90. The molecule has 2 amide bonds. The summed E-state index contributed by atoms with van der Waals surface area (Å²) in [5.41, 5.74) is 0. The molecule has 3 N–H and O–H groups in total. The zero-order valence-corrected chi connectivity index (χ0v) is 15.0. The molecule has 2 saturated heterocycles. The van der Waals surface area contributed by atoms with Crippen LogP contribution in [-0.4, -0.2) is 84.2 Å². The fraction of sp³-hybridized carbons (Fsp3) is 0.882. The summed E-state index contributed by atoms with van der Waals surface area (Å²) in [4.78, 5) is 28.7. The Hall–Kier alpha value is -1.18. The highest BCUT2D eigenvalue weighted by Crippen LogP contribution is 2.13. The minimum atomic E-state index is -0.390. The van der Waals surface area contributed by atoms with Crippen LogP contribution in [0, 0.1) is 0 Å². The average Bonchev–Trinajstić information content (AvgIpc) is 2.73. The van der Waals surface area contributed by atoms with Crippen LogP contribution in [0.5, 0.6) is 0 Å². The molecule has 0 aliphatic carbocycles. The number of carbonyl (C=O) groups excluding carboxylic acids is 2. The van der Waals surface area contributed by atoms with E-state index in [-0.39, 0.29) is 17.9 Å². The Morgan fingerprint density at radius 1 is 1.42 bits per heavy atom. The quantitative estimate of drug-likeness (QED) is 0.610. The topological polar surface area (TPSA) is 84.9 Å². The van der Waals surface area contributed by atoms with E-state index in [0.29, 0.717) is 25.7 Å². The van der Waals surface area contributed by atoms with Gasteiger partial charge in [-0.25, -0.2) is 0 Å². The van der Waals surface area contributed by atoms with Crippen LogP contribution < -0.4 is 10.6 Å². The highest BCUT2D eigenvalue weighted by Gasteiger charge is 2.28.